The molecule has 94 valence electrons. The van der Waals surface area contributed by atoms with Crippen LogP contribution in [0.1, 0.15) is 45.4 Å². The Hall–Kier alpha value is -0.360. The maximum atomic E-state index is 11.8. The molecule has 4 nitrogen and oxygen atoms in total. The zero-order chi connectivity index (χ0) is 12.4. The highest BCUT2D eigenvalue weighted by atomic mass is 31.2. The highest BCUT2D eigenvalue weighted by molar-refractivity contribution is 7.61. The number of hydrogen-bond donors (Lipinski definition) is 0. The lowest BCUT2D eigenvalue weighted by Gasteiger charge is -2.17. The second-order valence-corrected chi connectivity index (χ2v) is 6.37. The molecule has 0 spiro atoms. The first kappa shape index (κ1) is 15.6. The molecule has 0 heterocycles. The van der Waals surface area contributed by atoms with Crippen molar-refractivity contribution in [3.05, 3.63) is 0 Å². The van der Waals surface area contributed by atoms with Gasteiger partial charge in [0, 0.05) is 0 Å². The third-order valence-electron chi connectivity index (χ3n) is 2.42. The SMILES string of the molecule is CCCCCCCCOP(=O)(C#N)N(C)C. The molecule has 1 atom stereocenters. The summed E-state index contributed by atoms with van der Waals surface area (Å²) in [4.78, 5) is 0. The Kier molecular flexibility index (Phi) is 8.56. The van der Waals surface area contributed by atoms with Crippen LogP contribution in [0.3, 0.4) is 0 Å². The van der Waals surface area contributed by atoms with Crippen molar-refractivity contribution in [2.75, 3.05) is 20.7 Å². The molecule has 0 saturated heterocycles. The smallest absolute Gasteiger partial charge is 0.307 e. The van der Waals surface area contributed by atoms with Gasteiger partial charge in [-0.3, -0.25) is 4.57 Å². The first-order valence-electron chi connectivity index (χ1n) is 5.90. The lowest BCUT2D eigenvalue weighted by molar-refractivity contribution is 0.281. The molecule has 0 N–H and O–H groups in total. The fraction of sp³-hybridized carbons (Fsp3) is 0.909. The summed E-state index contributed by atoms with van der Waals surface area (Å²) in [7, 11) is 0.0102. The summed E-state index contributed by atoms with van der Waals surface area (Å²) in [5, 5.41) is 8.75. The van der Waals surface area contributed by atoms with E-state index in [1.807, 2.05) is 0 Å². The third kappa shape index (κ3) is 6.27. The largest absolute Gasteiger partial charge is 0.370 e. The molecule has 0 aromatic rings. The summed E-state index contributed by atoms with van der Waals surface area (Å²) >= 11 is 0. The Morgan fingerprint density at radius 1 is 1.19 bits per heavy atom. The van der Waals surface area contributed by atoms with Crippen molar-refractivity contribution >= 4 is 7.52 Å². The molecular formula is C11H23N2O2P. The summed E-state index contributed by atoms with van der Waals surface area (Å²) in [6.07, 6.45) is 6.91. The van der Waals surface area contributed by atoms with Crippen molar-refractivity contribution in [3.8, 4) is 5.81 Å². The molecule has 0 aromatic carbocycles. The van der Waals surface area contributed by atoms with E-state index in [9.17, 15) is 4.57 Å². The molecule has 0 amide bonds. The second kappa shape index (κ2) is 8.75. The Morgan fingerprint density at radius 2 is 1.75 bits per heavy atom. The fourth-order valence-electron chi connectivity index (χ4n) is 1.30. The van der Waals surface area contributed by atoms with Crippen LogP contribution in [0.4, 0.5) is 0 Å². The number of nitriles is 1. The zero-order valence-corrected chi connectivity index (χ0v) is 11.5. The van der Waals surface area contributed by atoms with Crippen LogP contribution in [0, 0.1) is 11.1 Å². The van der Waals surface area contributed by atoms with Gasteiger partial charge < -0.3 is 4.52 Å². The van der Waals surface area contributed by atoms with Gasteiger partial charge in [0.2, 0.25) is 0 Å². The van der Waals surface area contributed by atoms with Gasteiger partial charge in [-0.05, 0) is 20.5 Å². The Morgan fingerprint density at radius 3 is 2.25 bits per heavy atom. The van der Waals surface area contributed by atoms with Crippen molar-refractivity contribution in [1.82, 2.24) is 4.67 Å². The second-order valence-electron chi connectivity index (χ2n) is 4.07. The zero-order valence-electron chi connectivity index (χ0n) is 10.6. The topological polar surface area (TPSA) is 53.3 Å². The van der Waals surface area contributed by atoms with Crippen LogP contribution < -0.4 is 0 Å². The van der Waals surface area contributed by atoms with E-state index in [4.69, 9.17) is 9.79 Å². The van der Waals surface area contributed by atoms with Crippen LogP contribution in [0.5, 0.6) is 0 Å². The van der Waals surface area contributed by atoms with Crippen molar-refractivity contribution < 1.29 is 9.09 Å². The predicted molar refractivity (Wildman–Crippen MR) is 66.2 cm³/mol. The van der Waals surface area contributed by atoms with E-state index in [2.05, 4.69) is 6.92 Å². The maximum Gasteiger partial charge on any atom is 0.370 e. The maximum absolute atomic E-state index is 11.8. The number of nitrogens with zero attached hydrogens (tertiary/aromatic N) is 2. The monoisotopic (exact) mass is 246 g/mol. The minimum absolute atomic E-state index is 0.412. The van der Waals surface area contributed by atoms with E-state index in [0.29, 0.717) is 6.61 Å². The van der Waals surface area contributed by atoms with E-state index < -0.39 is 7.52 Å². The molecule has 5 heteroatoms. The third-order valence-corrected chi connectivity index (χ3v) is 4.26. The first-order chi connectivity index (χ1) is 7.56. The molecule has 0 aliphatic carbocycles. The number of rotatable bonds is 9. The molecule has 0 aliphatic rings. The Balaban J connectivity index is 3.58. The molecule has 16 heavy (non-hydrogen) atoms. The molecule has 0 bridgehead atoms. The van der Waals surface area contributed by atoms with Crippen LogP contribution in [0.15, 0.2) is 0 Å². The van der Waals surface area contributed by atoms with Gasteiger partial charge in [0.1, 0.15) is 0 Å². The van der Waals surface area contributed by atoms with Crippen LogP contribution in [-0.2, 0) is 9.09 Å². The minimum atomic E-state index is -3.19. The van der Waals surface area contributed by atoms with Gasteiger partial charge in [0.05, 0.1) is 6.61 Å². The summed E-state index contributed by atoms with van der Waals surface area (Å²) < 4.78 is 18.3. The average Bonchev–Trinajstić information content (AvgIpc) is 2.27. The lowest BCUT2D eigenvalue weighted by Crippen LogP contribution is -2.10. The lowest BCUT2D eigenvalue weighted by atomic mass is 10.1. The Labute approximate surface area is 99.1 Å². The van der Waals surface area contributed by atoms with Crippen molar-refractivity contribution in [2.24, 2.45) is 0 Å². The molecular weight excluding hydrogens is 223 g/mol. The van der Waals surface area contributed by atoms with Crippen LogP contribution >= 0.6 is 7.52 Å². The summed E-state index contributed by atoms with van der Waals surface area (Å²) in [5.41, 5.74) is 0. The van der Waals surface area contributed by atoms with Gasteiger partial charge in [-0.15, -0.1) is 0 Å². The van der Waals surface area contributed by atoms with E-state index in [0.717, 1.165) is 12.8 Å². The average molecular weight is 246 g/mol. The van der Waals surface area contributed by atoms with Crippen molar-refractivity contribution in [3.63, 3.8) is 0 Å². The van der Waals surface area contributed by atoms with Gasteiger partial charge in [-0.1, -0.05) is 39.0 Å². The van der Waals surface area contributed by atoms with E-state index in [1.54, 1.807) is 19.9 Å². The molecule has 0 aromatic heterocycles. The first-order valence-corrected chi connectivity index (χ1v) is 7.48. The quantitative estimate of drug-likeness (QED) is 0.460. The summed E-state index contributed by atoms with van der Waals surface area (Å²) in [6, 6.07) is 0. The van der Waals surface area contributed by atoms with Gasteiger partial charge in [0.15, 0.2) is 5.81 Å². The summed E-state index contributed by atoms with van der Waals surface area (Å²) in [5.74, 6) is 1.75. The Bertz CT molecular complexity index is 261. The predicted octanol–water partition coefficient (Wildman–Crippen LogP) is 3.60. The van der Waals surface area contributed by atoms with Crippen molar-refractivity contribution in [2.45, 2.75) is 45.4 Å². The number of unbranched alkanes of at least 4 members (excludes halogenated alkanes) is 5. The molecule has 0 radical (unpaired) electrons. The van der Waals surface area contributed by atoms with Crippen molar-refractivity contribution in [1.29, 1.82) is 5.26 Å². The molecule has 0 saturated carbocycles. The van der Waals surface area contributed by atoms with Gasteiger partial charge in [-0.2, -0.15) is 5.26 Å². The van der Waals surface area contributed by atoms with Crippen LogP contribution in [0.25, 0.3) is 0 Å². The minimum Gasteiger partial charge on any atom is -0.307 e. The van der Waals surface area contributed by atoms with Gasteiger partial charge >= 0.3 is 7.52 Å². The molecule has 0 rings (SSSR count). The number of hydrogen-bond acceptors (Lipinski definition) is 3. The van der Waals surface area contributed by atoms with Crippen LogP contribution in [-0.4, -0.2) is 25.4 Å². The summed E-state index contributed by atoms with van der Waals surface area (Å²) in [6.45, 7) is 2.60. The van der Waals surface area contributed by atoms with Gasteiger partial charge in [0.25, 0.3) is 0 Å². The highest BCUT2D eigenvalue weighted by Crippen LogP contribution is 2.47. The molecule has 0 aliphatic heterocycles. The van der Waals surface area contributed by atoms with Gasteiger partial charge in [-0.25, -0.2) is 4.67 Å². The van der Waals surface area contributed by atoms with E-state index in [-0.39, 0.29) is 0 Å². The van der Waals surface area contributed by atoms with E-state index >= 15 is 0 Å². The highest BCUT2D eigenvalue weighted by Gasteiger charge is 2.25. The van der Waals surface area contributed by atoms with E-state index in [1.165, 1.54) is 30.4 Å². The molecule has 0 fully saturated rings. The normalized spacial score (nSPS) is 14.7. The van der Waals surface area contributed by atoms with Crippen LogP contribution in [0.2, 0.25) is 0 Å². The standard InChI is InChI=1S/C11H23N2O2P/c1-4-5-6-7-8-9-10-15-16(14,11-12)13(2)3/h4-10H2,1-3H3. The molecule has 1 unspecified atom stereocenters. The fourth-order valence-corrected chi connectivity index (χ4v) is 2.15.